The lowest BCUT2D eigenvalue weighted by atomic mass is 9.88. The number of halogens is 1. The van der Waals surface area contributed by atoms with Gasteiger partial charge in [0.1, 0.15) is 0 Å². The van der Waals surface area contributed by atoms with Crippen LogP contribution in [0.4, 0.5) is 0 Å². The van der Waals surface area contributed by atoms with Gasteiger partial charge in [0.05, 0.1) is 10.4 Å². The van der Waals surface area contributed by atoms with Gasteiger partial charge in [-0.15, -0.1) is 12.4 Å². The predicted octanol–water partition coefficient (Wildman–Crippen LogP) is 2.69. The third kappa shape index (κ3) is 5.22. The van der Waals surface area contributed by atoms with Crippen molar-refractivity contribution in [3.8, 4) is 0 Å². The highest BCUT2D eigenvalue weighted by molar-refractivity contribution is 7.89. The van der Waals surface area contributed by atoms with Gasteiger partial charge in [-0.25, -0.2) is 8.42 Å². The monoisotopic (exact) mass is 417 g/mol. The van der Waals surface area contributed by atoms with E-state index in [4.69, 9.17) is 5.73 Å². The summed E-state index contributed by atoms with van der Waals surface area (Å²) in [6, 6.07) is 4.85. The van der Waals surface area contributed by atoms with Gasteiger partial charge in [-0.1, -0.05) is 26.3 Å². The van der Waals surface area contributed by atoms with E-state index >= 15 is 0 Å². The molecule has 1 aliphatic heterocycles. The molecule has 6 nitrogen and oxygen atoms in total. The molecular formula is C19H32ClN3O3S. The molecule has 1 unspecified atom stereocenters. The lowest BCUT2D eigenvalue weighted by Crippen LogP contribution is -2.55. The van der Waals surface area contributed by atoms with E-state index < -0.39 is 15.6 Å². The maximum Gasteiger partial charge on any atom is 0.251 e. The molecule has 1 aromatic carbocycles. The fourth-order valence-electron chi connectivity index (χ4n) is 3.03. The van der Waals surface area contributed by atoms with Crippen LogP contribution in [0.3, 0.4) is 0 Å². The number of nitrogens with one attached hydrogen (secondary N) is 1. The number of carbonyl (C=O) groups excluding carboxylic acids is 1. The van der Waals surface area contributed by atoms with Gasteiger partial charge in [0.25, 0.3) is 5.91 Å². The van der Waals surface area contributed by atoms with Gasteiger partial charge < -0.3 is 11.1 Å². The lowest BCUT2D eigenvalue weighted by Gasteiger charge is -2.33. The molecule has 27 heavy (non-hydrogen) atoms. The molecule has 8 heteroatoms. The van der Waals surface area contributed by atoms with Crippen LogP contribution in [0.25, 0.3) is 0 Å². The quantitative estimate of drug-likeness (QED) is 0.744. The minimum atomic E-state index is -3.59. The number of hydrogen-bond acceptors (Lipinski definition) is 4. The van der Waals surface area contributed by atoms with Crippen LogP contribution in [-0.2, 0) is 10.0 Å². The second kappa shape index (κ2) is 9.37. The Kier molecular flexibility index (Phi) is 8.29. The molecule has 0 saturated carbocycles. The van der Waals surface area contributed by atoms with Gasteiger partial charge >= 0.3 is 0 Å². The number of rotatable bonds is 6. The molecular weight excluding hydrogens is 386 g/mol. The summed E-state index contributed by atoms with van der Waals surface area (Å²) in [5.41, 5.74) is 6.28. The maximum atomic E-state index is 13.0. The second-order valence-corrected chi connectivity index (χ2v) is 9.58. The molecule has 1 fully saturated rings. The predicted molar refractivity (Wildman–Crippen MR) is 111 cm³/mol. The van der Waals surface area contributed by atoms with E-state index in [2.05, 4.69) is 5.32 Å². The van der Waals surface area contributed by atoms with E-state index in [0.717, 1.165) is 19.3 Å². The van der Waals surface area contributed by atoms with E-state index in [0.29, 0.717) is 30.8 Å². The Bertz CT molecular complexity index is 761. The topological polar surface area (TPSA) is 92.5 Å². The first kappa shape index (κ1) is 23.9. The van der Waals surface area contributed by atoms with Crippen molar-refractivity contribution < 1.29 is 13.2 Å². The van der Waals surface area contributed by atoms with Gasteiger partial charge in [-0.3, -0.25) is 4.79 Å². The molecule has 0 spiro atoms. The van der Waals surface area contributed by atoms with Crippen LogP contribution in [0, 0.1) is 12.8 Å². The fourth-order valence-corrected chi connectivity index (χ4v) is 4.79. The lowest BCUT2D eigenvalue weighted by molar-refractivity contribution is 0.0883. The van der Waals surface area contributed by atoms with E-state index in [9.17, 15) is 13.2 Å². The number of amides is 1. The largest absolute Gasteiger partial charge is 0.345 e. The molecule has 2 rings (SSSR count). The molecule has 1 amide bonds. The minimum Gasteiger partial charge on any atom is -0.345 e. The number of hydrogen-bond donors (Lipinski definition) is 2. The van der Waals surface area contributed by atoms with E-state index in [1.807, 2.05) is 20.8 Å². The van der Waals surface area contributed by atoms with Crippen molar-refractivity contribution in [2.45, 2.75) is 57.4 Å². The zero-order valence-corrected chi connectivity index (χ0v) is 18.3. The minimum absolute atomic E-state index is 0. The van der Waals surface area contributed by atoms with E-state index in [1.165, 1.54) is 10.4 Å². The van der Waals surface area contributed by atoms with Crippen LogP contribution in [0.5, 0.6) is 0 Å². The van der Waals surface area contributed by atoms with Crippen molar-refractivity contribution in [3.05, 3.63) is 29.3 Å². The Morgan fingerprint density at radius 2 is 1.85 bits per heavy atom. The molecule has 1 aromatic rings. The Labute approximate surface area is 169 Å². The summed E-state index contributed by atoms with van der Waals surface area (Å²) in [5.74, 6) is -0.153. The second-order valence-electron chi connectivity index (χ2n) is 7.68. The Hall–Kier alpha value is -1.15. The number of piperidine rings is 1. The highest BCUT2D eigenvalue weighted by atomic mass is 35.5. The average Bonchev–Trinajstić information content (AvgIpc) is 2.62. The molecule has 1 atom stereocenters. The Morgan fingerprint density at radius 3 is 2.37 bits per heavy atom. The van der Waals surface area contributed by atoms with Gasteiger partial charge in [0.15, 0.2) is 0 Å². The highest BCUT2D eigenvalue weighted by Gasteiger charge is 2.31. The van der Waals surface area contributed by atoms with Crippen molar-refractivity contribution in [2.24, 2.45) is 11.7 Å². The maximum absolute atomic E-state index is 13.0. The number of sulfonamides is 1. The summed E-state index contributed by atoms with van der Waals surface area (Å²) < 4.78 is 27.5. The standard InChI is InChI=1S/C19H31N3O3S.ClH/c1-14(2)19(4,13-20)21-18(23)16-9-8-15(3)17(12-16)26(24,25)22-10-6-5-7-11-22;/h8-9,12,14H,5-7,10-11,13,20H2,1-4H3,(H,21,23);1H. The molecule has 0 radical (unpaired) electrons. The van der Waals surface area contributed by atoms with Crippen molar-refractivity contribution >= 4 is 28.3 Å². The molecule has 0 aliphatic carbocycles. The molecule has 1 aliphatic rings. The Balaban J connectivity index is 0.00000364. The number of nitrogens with zero attached hydrogens (tertiary/aromatic N) is 1. The molecule has 1 heterocycles. The van der Waals surface area contributed by atoms with Crippen molar-refractivity contribution in [1.29, 1.82) is 0 Å². The van der Waals surface area contributed by atoms with Crippen molar-refractivity contribution in [3.63, 3.8) is 0 Å². The number of nitrogens with two attached hydrogens (primary N) is 1. The molecule has 154 valence electrons. The van der Waals surface area contributed by atoms with Crippen molar-refractivity contribution in [1.82, 2.24) is 9.62 Å². The highest BCUT2D eigenvalue weighted by Crippen LogP contribution is 2.25. The zero-order valence-electron chi connectivity index (χ0n) is 16.6. The molecule has 0 aromatic heterocycles. The first-order chi connectivity index (χ1) is 12.1. The SMILES string of the molecule is Cc1ccc(C(=O)NC(C)(CN)C(C)C)cc1S(=O)(=O)N1CCCCC1.Cl. The zero-order chi connectivity index (χ0) is 19.5. The van der Waals surface area contributed by atoms with Gasteiger partial charge in [0.2, 0.25) is 10.0 Å². The smallest absolute Gasteiger partial charge is 0.251 e. The Morgan fingerprint density at radius 1 is 1.26 bits per heavy atom. The summed E-state index contributed by atoms with van der Waals surface area (Å²) >= 11 is 0. The summed E-state index contributed by atoms with van der Waals surface area (Å²) in [6.45, 7) is 9.03. The average molecular weight is 418 g/mol. The van der Waals surface area contributed by atoms with Gasteiger partial charge in [-0.2, -0.15) is 4.31 Å². The summed E-state index contributed by atoms with van der Waals surface area (Å²) in [6.07, 6.45) is 2.81. The van der Waals surface area contributed by atoms with Crippen LogP contribution in [0.2, 0.25) is 0 Å². The third-order valence-electron chi connectivity index (χ3n) is 5.48. The van der Waals surface area contributed by atoms with Crippen LogP contribution in [0.15, 0.2) is 23.1 Å². The van der Waals surface area contributed by atoms with Crippen molar-refractivity contribution in [2.75, 3.05) is 19.6 Å². The van der Waals surface area contributed by atoms with Crippen LogP contribution in [-0.4, -0.2) is 43.8 Å². The van der Waals surface area contributed by atoms with E-state index in [1.54, 1.807) is 19.1 Å². The van der Waals surface area contributed by atoms with Crippen LogP contribution < -0.4 is 11.1 Å². The normalized spacial score (nSPS) is 17.9. The third-order valence-corrected chi connectivity index (χ3v) is 7.52. The first-order valence-electron chi connectivity index (χ1n) is 9.25. The first-order valence-corrected chi connectivity index (χ1v) is 10.7. The summed E-state index contributed by atoms with van der Waals surface area (Å²) in [5, 5.41) is 2.96. The number of benzene rings is 1. The van der Waals surface area contributed by atoms with Crippen LogP contribution in [0.1, 0.15) is 56.0 Å². The molecule has 1 saturated heterocycles. The summed E-state index contributed by atoms with van der Waals surface area (Å²) in [7, 11) is -3.59. The van der Waals surface area contributed by atoms with E-state index in [-0.39, 0.29) is 29.1 Å². The number of carbonyl (C=O) groups is 1. The van der Waals surface area contributed by atoms with Crippen LogP contribution >= 0.6 is 12.4 Å². The molecule has 3 N–H and O–H groups in total. The number of aryl methyl sites for hydroxylation is 1. The van der Waals surface area contributed by atoms with Gasteiger partial charge in [-0.05, 0) is 50.3 Å². The molecule has 0 bridgehead atoms. The fraction of sp³-hybridized carbons (Fsp3) is 0.632. The summed E-state index contributed by atoms with van der Waals surface area (Å²) in [4.78, 5) is 12.9. The van der Waals surface area contributed by atoms with Gasteiger partial charge in [0, 0.05) is 25.2 Å².